The highest BCUT2D eigenvalue weighted by molar-refractivity contribution is 5.68. The third kappa shape index (κ3) is 6.62. The van der Waals surface area contributed by atoms with Gasteiger partial charge in [0.05, 0.1) is 6.10 Å². The maximum Gasteiger partial charge on any atom is 0.410 e. The van der Waals surface area contributed by atoms with Crippen LogP contribution in [-0.4, -0.2) is 29.2 Å². The first-order valence-electron chi connectivity index (χ1n) is 7.89. The van der Waals surface area contributed by atoms with Crippen LogP contribution in [0.25, 0.3) is 0 Å². The summed E-state index contributed by atoms with van der Waals surface area (Å²) in [7, 11) is 0. The highest BCUT2D eigenvalue weighted by Gasteiger charge is 2.37. The van der Waals surface area contributed by atoms with Crippen LogP contribution in [0.1, 0.15) is 75.2 Å². The zero-order chi connectivity index (χ0) is 16.1. The van der Waals surface area contributed by atoms with Crippen molar-refractivity contribution in [3.05, 3.63) is 0 Å². The van der Waals surface area contributed by atoms with Crippen LogP contribution in [0.2, 0.25) is 0 Å². The zero-order valence-electron chi connectivity index (χ0n) is 15.0. The molecule has 0 rings (SSSR count). The van der Waals surface area contributed by atoms with Gasteiger partial charge in [0.25, 0.3) is 0 Å². The largest absolute Gasteiger partial charge is 0.447 e. The zero-order valence-corrected chi connectivity index (χ0v) is 15.0. The molecule has 3 nitrogen and oxygen atoms in total. The Balaban J connectivity index is 5.13. The minimum atomic E-state index is -0.199. The minimum absolute atomic E-state index is 0.0767. The Morgan fingerprint density at radius 3 is 1.95 bits per heavy atom. The fraction of sp³-hybridized carbons (Fsp3) is 0.941. The van der Waals surface area contributed by atoms with Gasteiger partial charge >= 0.3 is 6.09 Å². The maximum absolute atomic E-state index is 12.4. The van der Waals surface area contributed by atoms with E-state index in [1.807, 2.05) is 18.7 Å². The molecule has 1 amide bonds. The van der Waals surface area contributed by atoms with Gasteiger partial charge in [-0.2, -0.15) is 0 Å². The maximum atomic E-state index is 12.4. The summed E-state index contributed by atoms with van der Waals surface area (Å²) >= 11 is 0. The van der Waals surface area contributed by atoms with Gasteiger partial charge < -0.3 is 9.64 Å². The van der Waals surface area contributed by atoms with Crippen LogP contribution in [0, 0.1) is 11.3 Å². The lowest BCUT2D eigenvalue weighted by Crippen LogP contribution is -2.51. The lowest BCUT2D eigenvalue weighted by atomic mass is 9.77. The molecule has 0 aliphatic rings. The Labute approximate surface area is 126 Å². The molecular weight excluding hydrogens is 250 g/mol. The van der Waals surface area contributed by atoms with Gasteiger partial charge in [-0.25, -0.2) is 4.79 Å². The van der Waals surface area contributed by atoms with Crippen molar-refractivity contribution in [2.75, 3.05) is 6.54 Å². The summed E-state index contributed by atoms with van der Waals surface area (Å²) in [6.45, 7) is 19.8. The molecular formula is C17H35NO2. The van der Waals surface area contributed by atoms with E-state index in [1.165, 1.54) is 0 Å². The minimum Gasteiger partial charge on any atom is -0.447 e. The SMILES string of the molecule is CCC(C)(C)CC(C)(C)N(CC(C)C)C(=O)OC(C)C. The van der Waals surface area contributed by atoms with Crippen LogP contribution in [0.5, 0.6) is 0 Å². The molecule has 0 N–H and O–H groups in total. The quantitative estimate of drug-likeness (QED) is 0.651. The number of ether oxygens (including phenoxy) is 1. The fourth-order valence-corrected chi connectivity index (χ4v) is 2.59. The van der Waals surface area contributed by atoms with Crippen molar-refractivity contribution in [3.63, 3.8) is 0 Å². The van der Waals surface area contributed by atoms with E-state index in [0.29, 0.717) is 5.92 Å². The number of nitrogens with zero attached hydrogens (tertiary/aromatic N) is 1. The number of carbonyl (C=O) groups is 1. The number of hydrogen-bond acceptors (Lipinski definition) is 2. The molecule has 0 saturated carbocycles. The molecule has 0 heterocycles. The van der Waals surface area contributed by atoms with Crippen LogP contribution in [0.15, 0.2) is 0 Å². The van der Waals surface area contributed by atoms with E-state index in [1.54, 1.807) is 0 Å². The number of carbonyl (C=O) groups excluding carboxylic acids is 1. The van der Waals surface area contributed by atoms with Gasteiger partial charge in [0.1, 0.15) is 0 Å². The molecule has 0 aromatic heterocycles. The van der Waals surface area contributed by atoms with Crippen LogP contribution in [0.3, 0.4) is 0 Å². The second-order valence-corrected chi connectivity index (χ2v) is 7.94. The normalized spacial score (nSPS) is 12.9. The predicted molar refractivity (Wildman–Crippen MR) is 85.9 cm³/mol. The van der Waals surface area contributed by atoms with Crippen LogP contribution < -0.4 is 0 Å². The highest BCUT2D eigenvalue weighted by atomic mass is 16.6. The van der Waals surface area contributed by atoms with Crippen molar-refractivity contribution in [3.8, 4) is 0 Å². The summed E-state index contributed by atoms with van der Waals surface area (Å²) in [5.41, 5.74) is 0.0204. The predicted octanol–water partition coefficient (Wildman–Crippen LogP) is 5.09. The van der Waals surface area contributed by atoms with Crippen LogP contribution >= 0.6 is 0 Å². The van der Waals surface area contributed by atoms with Gasteiger partial charge in [-0.05, 0) is 45.4 Å². The topological polar surface area (TPSA) is 29.5 Å². The Morgan fingerprint density at radius 1 is 1.10 bits per heavy atom. The first kappa shape index (κ1) is 19.3. The number of rotatable bonds is 7. The molecule has 0 aliphatic heterocycles. The van der Waals surface area contributed by atoms with Gasteiger partial charge in [-0.1, -0.05) is 41.0 Å². The van der Waals surface area contributed by atoms with E-state index in [9.17, 15) is 4.79 Å². The van der Waals surface area contributed by atoms with Gasteiger partial charge in [0.15, 0.2) is 0 Å². The van der Waals surface area contributed by atoms with E-state index < -0.39 is 0 Å². The molecule has 20 heavy (non-hydrogen) atoms. The van der Waals surface area contributed by atoms with Gasteiger partial charge in [0, 0.05) is 12.1 Å². The number of hydrogen-bond donors (Lipinski definition) is 0. The van der Waals surface area contributed by atoms with Crippen molar-refractivity contribution < 1.29 is 9.53 Å². The Hall–Kier alpha value is -0.730. The highest BCUT2D eigenvalue weighted by Crippen LogP contribution is 2.35. The van der Waals surface area contributed by atoms with E-state index in [0.717, 1.165) is 19.4 Å². The average molecular weight is 285 g/mol. The molecule has 0 saturated heterocycles. The van der Waals surface area contributed by atoms with E-state index in [-0.39, 0.29) is 23.2 Å². The molecule has 0 fully saturated rings. The smallest absolute Gasteiger partial charge is 0.410 e. The molecule has 0 atom stereocenters. The first-order chi connectivity index (χ1) is 8.91. The fourth-order valence-electron chi connectivity index (χ4n) is 2.59. The Kier molecular flexibility index (Phi) is 7.06. The molecule has 0 radical (unpaired) electrons. The molecule has 0 unspecified atom stereocenters. The molecule has 0 aliphatic carbocycles. The van der Waals surface area contributed by atoms with Gasteiger partial charge in [0.2, 0.25) is 0 Å². The molecule has 0 spiro atoms. The molecule has 0 aromatic carbocycles. The van der Waals surface area contributed by atoms with Crippen LogP contribution in [0.4, 0.5) is 4.79 Å². The third-order valence-electron chi connectivity index (χ3n) is 3.70. The average Bonchev–Trinajstić information content (AvgIpc) is 2.23. The lowest BCUT2D eigenvalue weighted by Gasteiger charge is -2.43. The van der Waals surface area contributed by atoms with Crippen molar-refractivity contribution in [1.29, 1.82) is 0 Å². The molecule has 120 valence electrons. The van der Waals surface area contributed by atoms with Crippen molar-refractivity contribution >= 4 is 6.09 Å². The van der Waals surface area contributed by atoms with Gasteiger partial charge in [-0.3, -0.25) is 0 Å². The van der Waals surface area contributed by atoms with E-state index in [4.69, 9.17) is 4.74 Å². The summed E-state index contributed by atoms with van der Waals surface area (Å²) in [4.78, 5) is 14.3. The van der Waals surface area contributed by atoms with E-state index >= 15 is 0 Å². The second kappa shape index (κ2) is 7.33. The standard InChI is InChI=1S/C17H35NO2/c1-10-16(6,7)12-17(8,9)18(11-13(2)3)15(19)20-14(4)5/h13-14H,10-12H2,1-9H3. The van der Waals surface area contributed by atoms with Crippen molar-refractivity contribution in [2.24, 2.45) is 11.3 Å². The van der Waals surface area contributed by atoms with Crippen LogP contribution in [-0.2, 0) is 4.74 Å². The van der Waals surface area contributed by atoms with Crippen molar-refractivity contribution in [1.82, 2.24) is 4.90 Å². The monoisotopic (exact) mass is 285 g/mol. The number of amides is 1. The Morgan fingerprint density at radius 2 is 1.60 bits per heavy atom. The summed E-state index contributed by atoms with van der Waals surface area (Å²) in [6, 6.07) is 0. The second-order valence-electron chi connectivity index (χ2n) is 7.94. The third-order valence-corrected chi connectivity index (χ3v) is 3.70. The first-order valence-corrected chi connectivity index (χ1v) is 7.89. The summed E-state index contributed by atoms with van der Waals surface area (Å²) < 4.78 is 5.43. The lowest BCUT2D eigenvalue weighted by molar-refractivity contribution is 0.0222. The summed E-state index contributed by atoms with van der Waals surface area (Å²) in [6.07, 6.45) is 1.81. The molecule has 3 heteroatoms. The summed E-state index contributed by atoms with van der Waals surface area (Å²) in [5.74, 6) is 0.429. The van der Waals surface area contributed by atoms with E-state index in [2.05, 4.69) is 48.5 Å². The Bertz CT molecular complexity index is 306. The van der Waals surface area contributed by atoms with Crippen molar-refractivity contribution in [2.45, 2.75) is 86.8 Å². The molecule has 0 bridgehead atoms. The van der Waals surface area contributed by atoms with Gasteiger partial charge in [-0.15, -0.1) is 0 Å². The molecule has 0 aromatic rings. The summed E-state index contributed by atoms with van der Waals surface area (Å²) in [5, 5.41) is 0.